The topological polar surface area (TPSA) is 76.1 Å². The highest BCUT2D eigenvalue weighted by molar-refractivity contribution is 7.98. The van der Waals surface area contributed by atoms with Gasteiger partial charge in [-0.15, -0.1) is 11.8 Å². The number of aliphatic carboxylic acids is 1. The van der Waals surface area contributed by atoms with Gasteiger partial charge >= 0.3 is 5.97 Å². The van der Waals surface area contributed by atoms with Crippen molar-refractivity contribution in [3.8, 4) is 17.2 Å². The Morgan fingerprint density at radius 1 is 1.05 bits per heavy atom. The highest BCUT2D eigenvalue weighted by Gasteiger charge is 2.30. The molecule has 3 aromatic rings. The third-order valence-corrected chi connectivity index (χ3v) is 8.87. The van der Waals surface area contributed by atoms with Gasteiger partial charge < -0.3 is 19.5 Å². The Bertz CT molecular complexity index is 1340. The van der Waals surface area contributed by atoms with Crippen LogP contribution in [-0.4, -0.2) is 47.8 Å². The van der Waals surface area contributed by atoms with Gasteiger partial charge in [0.15, 0.2) is 0 Å². The van der Waals surface area contributed by atoms with Crippen molar-refractivity contribution in [1.29, 1.82) is 0 Å². The number of carbonyl (C=O) groups excluding carboxylic acids is 1. The fourth-order valence-corrected chi connectivity index (χ4v) is 6.20. The summed E-state index contributed by atoms with van der Waals surface area (Å²) in [6, 6.07) is 19.3. The van der Waals surface area contributed by atoms with E-state index in [4.69, 9.17) is 21.1 Å². The van der Waals surface area contributed by atoms with Gasteiger partial charge in [0, 0.05) is 35.2 Å². The van der Waals surface area contributed by atoms with Crippen LogP contribution in [0.15, 0.2) is 65.6 Å². The van der Waals surface area contributed by atoms with Gasteiger partial charge in [-0.2, -0.15) is 0 Å². The van der Waals surface area contributed by atoms with Crippen LogP contribution in [-0.2, 0) is 4.79 Å². The van der Waals surface area contributed by atoms with Crippen molar-refractivity contribution in [3.63, 3.8) is 0 Å². The van der Waals surface area contributed by atoms with Gasteiger partial charge in [-0.05, 0) is 85.9 Å². The smallest absolute Gasteiger partial charge is 0.311 e. The number of amides is 1. The molecule has 3 atom stereocenters. The molecule has 1 aliphatic heterocycles. The van der Waals surface area contributed by atoms with E-state index in [9.17, 15) is 14.7 Å². The second-order valence-corrected chi connectivity index (χ2v) is 11.5. The number of hydrogen-bond acceptors (Lipinski definition) is 5. The van der Waals surface area contributed by atoms with Crippen LogP contribution < -0.4 is 9.47 Å². The number of thioether (sulfide) groups is 1. The molecule has 1 amide bonds. The van der Waals surface area contributed by atoms with Crippen LogP contribution in [0.25, 0.3) is 0 Å². The molecule has 204 valence electrons. The molecule has 2 aliphatic rings. The molecule has 1 aliphatic carbocycles. The standard InChI is InChI=1S/C31H32ClNO5S/c1-33(22-5-3-4-21(16-22)19-8-12-24(39-2)13-9-19)30(34)20-6-10-23(11-7-20)38-29-18-28-26(17-27(29)32)25(31(35)36)14-15-37-28/h6-13,17-18,21-22,25H,3-5,14-16H2,1-2H3,(H,35,36). The Hall–Kier alpha value is -3.16. The Morgan fingerprint density at radius 3 is 2.49 bits per heavy atom. The molecule has 0 radical (unpaired) electrons. The first kappa shape index (κ1) is 27.4. The van der Waals surface area contributed by atoms with Gasteiger partial charge in [-0.1, -0.05) is 30.2 Å². The van der Waals surface area contributed by atoms with Crippen LogP contribution in [0, 0.1) is 0 Å². The SMILES string of the molecule is CSc1ccc(C2CCCC(N(C)C(=O)c3ccc(Oc4cc5c(cc4Cl)C(C(=O)O)CCO5)cc3)C2)cc1. The molecule has 1 heterocycles. The second kappa shape index (κ2) is 11.9. The van der Waals surface area contributed by atoms with E-state index in [0.29, 0.717) is 52.3 Å². The molecule has 1 N–H and O–H groups in total. The summed E-state index contributed by atoms with van der Waals surface area (Å²) >= 11 is 8.17. The third-order valence-electron chi connectivity index (χ3n) is 7.83. The predicted molar refractivity (Wildman–Crippen MR) is 154 cm³/mol. The molecule has 6 nitrogen and oxygen atoms in total. The summed E-state index contributed by atoms with van der Waals surface area (Å²) in [6.45, 7) is 0.321. The van der Waals surface area contributed by atoms with Gasteiger partial charge in [-0.3, -0.25) is 9.59 Å². The normalized spacial score (nSPS) is 20.4. The summed E-state index contributed by atoms with van der Waals surface area (Å²) in [5.41, 5.74) is 2.50. The van der Waals surface area contributed by atoms with E-state index in [2.05, 4.69) is 30.5 Å². The van der Waals surface area contributed by atoms with Crippen LogP contribution in [0.5, 0.6) is 17.2 Å². The highest BCUT2D eigenvalue weighted by atomic mass is 35.5. The van der Waals surface area contributed by atoms with Crippen molar-refractivity contribution in [2.45, 2.75) is 54.9 Å². The first-order valence-electron chi connectivity index (χ1n) is 13.2. The van der Waals surface area contributed by atoms with Crippen molar-refractivity contribution in [2.24, 2.45) is 0 Å². The lowest BCUT2D eigenvalue weighted by Gasteiger charge is -2.35. The van der Waals surface area contributed by atoms with Crippen LogP contribution >= 0.6 is 23.4 Å². The molecule has 1 saturated carbocycles. The van der Waals surface area contributed by atoms with Gasteiger partial charge in [0.25, 0.3) is 5.91 Å². The van der Waals surface area contributed by atoms with E-state index in [1.54, 1.807) is 48.2 Å². The molecular formula is C31H32ClNO5S. The molecule has 0 aromatic heterocycles. The van der Waals surface area contributed by atoms with Crippen molar-refractivity contribution in [1.82, 2.24) is 4.90 Å². The van der Waals surface area contributed by atoms with Crippen LogP contribution in [0.2, 0.25) is 5.02 Å². The van der Waals surface area contributed by atoms with Gasteiger partial charge in [-0.25, -0.2) is 0 Å². The van der Waals surface area contributed by atoms with Gasteiger partial charge in [0.1, 0.15) is 17.2 Å². The lowest BCUT2D eigenvalue weighted by molar-refractivity contribution is -0.139. The monoisotopic (exact) mass is 565 g/mol. The Labute approximate surface area is 238 Å². The van der Waals surface area contributed by atoms with Crippen molar-refractivity contribution < 1.29 is 24.2 Å². The molecule has 39 heavy (non-hydrogen) atoms. The first-order chi connectivity index (χ1) is 18.8. The molecule has 1 fully saturated rings. The maximum absolute atomic E-state index is 13.3. The largest absolute Gasteiger partial charge is 0.493 e. The average Bonchev–Trinajstić information content (AvgIpc) is 2.97. The zero-order valence-corrected chi connectivity index (χ0v) is 23.6. The molecule has 0 spiro atoms. The second-order valence-electron chi connectivity index (χ2n) is 10.2. The lowest BCUT2D eigenvalue weighted by Crippen LogP contribution is -2.39. The molecule has 0 saturated heterocycles. The fourth-order valence-electron chi connectivity index (χ4n) is 5.58. The van der Waals surface area contributed by atoms with Crippen LogP contribution in [0.4, 0.5) is 0 Å². The first-order valence-corrected chi connectivity index (χ1v) is 14.8. The summed E-state index contributed by atoms with van der Waals surface area (Å²) in [5.74, 6) is 0.259. The fraction of sp³-hybridized carbons (Fsp3) is 0.355. The summed E-state index contributed by atoms with van der Waals surface area (Å²) in [5, 5.41) is 9.80. The zero-order valence-electron chi connectivity index (χ0n) is 22.1. The number of carboxylic acid groups (broad SMARTS) is 1. The van der Waals surface area contributed by atoms with E-state index in [0.717, 1.165) is 25.7 Å². The van der Waals surface area contributed by atoms with Crippen molar-refractivity contribution in [2.75, 3.05) is 19.9 Å². The number of benzene rings is 3. The van der Waals surface area contributed by atoms with Gasteiger partial charge in [0.2, 0.25) is 0 Å². The number of hydrogen-bond donors (Lipinski definition) is 1. The van der Waals surface area contributed by atoms with E-state index >= 15 is 0 Å². The Kier molecular flexibility index (Phi) is 8.38. The molecule has 8 heteroatoms. The number of fused-ring (bicyclic) bond motifs is 1. The maximum Gasteiger partial charge on any atom is 0.311 e. The number of rotatable bonds is 7. The number of nitrogens with zero attached hydrogens (tertiary/aromatic N) is 1. The van der Waals surface area contributed by atoms with E-state index in [1.165, 1.54) is 10.5 Å². The zero-order chi connectivity index (χ0) is 27.5. The highest BCUT2D eigenvalue weighted by Crippen LogP contribution is 2.42. The van der Waals surface area contributed by atoms with Crippen LogP contribution in [0.3, 0.4) is 0 Å². The average molecular weight is 566 g/mol. The molecule has 3 unspecified atom stereocenters. The summed E-state index contributed by atoms with van der Waals surface area (Å²) in [7, 11) is 1.90. The molecule has 3 aromatic carbocycles. The van der Waals surface area contributed by atoms with E-state index < -0.39 is 11.9 Å². The molecule has 5 rings (SSSR count). The quantitative estimate of drug-likeness (QED) is 0.297. The molecule has 0 bridgehead atoms. The number of carboxylic acids is 1. The summed E-state index contributed by atoms with van der Waals surface area (Å²) in [4.78, 5) is 28.1. The predicted octanol–water partition coefficient (Wildman–Crippen LogP) is 7.60. The maximum atomic E-state index is 13.3. The van der Waals surface area contributed by atoms with Crippen LogP contribution in [0.1, 0.15) is 65.4 Å². The van der Waals surface area contributed by atoms with Crippen molar-refractivity contribution >= 4 is 35.2 Å². The number of halogens is 1. The molecular weight excluding hydrogens is 534 g/mol. The minimum atomic E-state index is -0.900. The van der Waals surface area contributed by atoms with Gasteiger partial charge in [0.05, 0.1) is 17.5 Å². The summed E-state index contributed by atoms with van der Waals surface area (Å²) in [6.07, 6.45) is 6.70. The Morgan fingerprint density at radius 2 is 1.79 bits per heavy atom. The van der Waals surface area contributed by atoms with Crippen molar-refractivity contribution in [3.05, 3.63) is 82.4 Å². The third kappa shape index (κ3) is 6.04. The number of carbonyl (C=O) groups is 2. The Balaban J connectivity index is 1.24. The van der Waals surface area contributed by atoms with E-state index in [-0.39, 0.29) is 11.9 Å². The lowest BCUT2D eigenvalue weighted by atomic mass is 9.81. The summed E-state index contributed by atoms with van der Waals surface area (Å²) < 4.78 is 11.6. The minimum Gasteiger partial charge on any atom is -0.493 e. The number of ether oxygens (including phenoxy) is 2. The van der Waals surface area contributed by atoms with E-state index in [1.807, 2.05) is 11.9 Å². The minimum absolute atomic E-state index is 0.00939.